The molecule has 4 nitrogen and oxygen atoms in total. The van der Waals surface area contributed by atoms with Gasteiger partial charge in [0.1, 0.15) is 0 Å². The van der Waals surface area contributed by atoms with Crippen LogP contribution in [-0.4, -0.2) is 24.2 Å². The largest absolute Gasteiger partial charge is 0.493 e. The van der Waals surface area contributed by atoms with Crippen molar-refractivity contribution in [1.29, 1.82) is 0 Å². The topological polar surface area (TPSA) is 44.2 Å². The molecular formula is C18H17ClN2O2. The average molecular weight is 329 g/mol. The highest BCUT2D eigenvalue weighted by atomic mass is 35.5. The molecule has 3 rings (SSSR count). The Morgan fingerprint density at radius 1 is 0.957 bits per heavy atom. The van der Waals surface area contributed by atoms with Crippen molar-refractivity contribution in [2.75, 3.05) is 14.2 Å². The summed E-state index contributed by atoms with van der Waals surface area (Å²) in [6.07, 6.45) is 0. The normalized spacial score (nSPS) is 12.2. The Balaban J connectivity index is 2.12. The van der Waals surface area contributed by atoms with Gasteiger partial charge in [-0.1, -0.05) is 31.2 Å². The quantitative estimate of drug-likeness (QED) is 0.664. The molecule has 0 spiro atoms. The lowest BCUT2D eigenvalue weighted by atomic mass is 9.94. The van der Waals surface area contributed by atoms with Gasteiger partial charge in [0.2, 0.25) is 5.28 Å². The third-order valence-electron chi connectivity index (χ3n) is 3.92. The van der Waals surface area contributed by atoms with E-state index < -0.39 is 0 Å². The number of hydrogen-bond donors (Lipinski definition) is 0. The van der Waals surface area contributed by atoms with Crippen LogP contribution in [0.5, 0.6) is 11.5 Å². The molecule has 1 aromatic heterocycles. The van der Waals surface area contributed by atoms with Crippen LogP contribution in [0.4, 0.5) is 0 Å². The van der Waals surface area contributed by atoms with Gasteiger partial charge < -0.3 is 9.47 Å². The molecule has 0 saturated heterocycles. The van der Waals surface area contributed by atoms with E-state index in [1.807, 2.05) is 42.5 Å². The van der Waals surface area contributed by atoms with Gasteiger partial charge in [0.05, 0.1) is 25.4 Å². The Morgan fingerprint density at radius 2 is 1.70 bits per heavy atom. The van der Waals surface area contributed by atoms with Crippen LogP contribution in [0.15, 0.2) is 42.5 Å². The molecule has 23 heavy (non-hydrogen) atoms. The van der Waals surface area contributed by atoms with Gasteiger partial charge in [-0.3, -0.25) is 0 Å². The minimum absolute atomic E-state index is 0.0419. The summed E-state index contributed by atoms with van der Waals surface area (Å²) in [5.74, 6) is 1.44. The molecule has 1 unspecified atom stereocenters. The molecule has 0 saturated carbocycles. The van der Waals surface area contributed by atoms with E-state index in [-0.39, 0.29) is 11.2 Å². The zero-order valence-corrected chi connectivity index (χ0v) is 14.0. The number of fused-ring (bicyclic) bond motifs is 1. The van der Waals surface area contributed by atoms with Crippen LogP contribution in [0.3, 0.4) is 0 Å². The highest BCUT2D eigenvalue weighted by molar-refractivity contribution is 6.28. The van der Waals surface area contributed by atoms with E-state index >= 15 is 0 Å². The van der Waals surface area contributed by atoms with Gasteiger partial charge in [0, 0.05) is 11.3 Å². The van der Waals surface area contributed by atoms with Gasteiger partial charge in [0.15, 0.2) is 11.5 Å². The van der Waals surface area contributed by atoms with Crippen molar-refractivity contribution >= 4 is 22.5 Å². The van der Waals surface area contributed by atoms with Crippen LogP contribution < -0.4 is 9.47 Å². The van der Waals surface area contributed by atoms with E-state index in [1.54, 1.807) is 14.2 Å². The Labute approximate surface area is 140 Å². The first kappa shape index (κ1) is 15.6. The number of halogens is 1. The maximum absolute atomic E-state index is 6.09. The van der Waals surface area contributed by atoms with E-state index in [4.69, 9.17) is 21.1 Å². The van der Waals surface area contributed by atoms with Crippen molar-refractivity contribution in [3.63, 3.8) is 0 Å². The number of hydrogen-bond acceptors (Lipinski definition) is 4. The average Bonchev–Trinajstić information content (AvgIpc) is 2.59. The number of nitrogens with zero attached hydrogens (tertiary/aromatic N) is 2. The van der Waals surface area contributed by atoms with E-state index in [1.165, 1.54) is 0 Å². The molecular weight excluding hydrogens is 312 g/mol. The second-order valence-corrected chi connectivity index (χ2v) is 5.57. The van der Waals surface area contributed by atoms with Crippen molar-refractivity contribution in [3.05, 3.63) is 59.0 Å². The number of ether oxygens (including phenoxy) is 2. The summed E-state index contributed by atoms with van der Waals surface area (Å²) in [4.78, 5) is 8.74. The Morgan fingerprint density at radius 3 is 2.43 bits per heavy atom. The molecule has 5 heteroatoms. The minimum Gasteiger partial charge on any atom is -0.493 e. The second kappa shape index (κ2) is 6.42. The summed E-state index contributed by atoms with van der Waals surface area (Å²) in [5, 5.41) is 1.25. The molecule has 118 valence electrons. The van der Waals surface area contributed by atoms with Crippen molar-refractivity contribution in [1.82, 2.24) is 9.97 Å². The number of benzene rings is 2. The molecule has 1 heterocycles. The standard InChI is InChI=1S/C18H17ClN2O2/c1-11(12-8-9-15(22-2)16(10-12)23-3)17-13-6-4-5-7-14(13)20-18(19)21-17/h4-11H,1-3H3. The monoisotopic (exact) mass is 328 g/mol. The van der Waals surface area contributed by atoms with Crippen LogP contribution in [0.2, 0.25) is 5.28 Å². The fraction of sp³-hybridized carbons (Fsp3) is 0.222. The first-order valence-electron chi connectivity index (χ1n) is 7.28. The number of methoxy groups -OCH3 is 2. The van der Waals surface area contributed by atoms with Crippen molar-refractivity contribution in [2.24, 2.45) is 0 Å². The maximum atomic E-state index is 6.09. The summed E-state index contributed by atoms with van der Waals surface area (Å²) in [7, 11) is 3.25. The van der Waals surface area contributed by atoms with Crippen molar-refractivity contribution < 1.29 is 9.47 Å². The van der Waals surface area contributed by atoms with Crippen LogP contribution in [0.1, 0.15) is 24.1 Å². The summed E-state index contributed by atoms with van der Waals surface area (Å²) in [5.41, 5.74) is 2.81. The van der Waals surface area contributed by atoms with E-state index in [0.29, 0.717) is 11.5 Å². The van der Waals surface area contributed by atoms with Gasteiger partial charge in [0.25, 0.3) is 0 Å². The minimum atomic E-state index is 0.0419. The molecule has 3 aromatic rings. The fourth-order valence-corrected chi connectivity index (χ4v) is 2.86. The summed E-state index contributed by atoms with van der Waals surface area (Å²) in [6.45, 7) is 2.09. The molecule has 0 aliphatic carbocycles. The lowest BCUT2D eigenvalue weighted by molar-refractivity contribution is 0.354. The van der Waals surface area contributed by atoms with Crippen molar-refractivity contribution in [2.45, 2.75) is 12.8 Å². The Bertz CT molecular complexity index is 852. The SMILES string of the molecule is COc1ccc(C(C)c2nc(Cl)nc3ccccc23)cc1OC. The third-order valence-corrected chi connectivity index (χ3v) is 4.09. The van der Waals surface area contributed by atoms with Gasteiger partial charge in [-0.15, -0.1) is 0 Å². The summed E-state index contributed by atoms with van der Waals surface area (Å²) in [6, 6.07) is 13.7. The zero-order chi connectivity index (χ0) is 16.4. The first-order valence-corrected chi connectivity index (χ1v) is 7.66. The number of rotatable bonds is 4. The van der Waals surface area contributed by atoms with Gasteiger partial charge in [-0.05, 0) is 35.4 Å². The smallest absolute Gasteiger partial charge is 0.223 e. The maximum Gasteiger partial charge on any atom is 0.223 e. The van der Waals surface area contributed by atoms with Crippen LogP contribution in [0, 0.1) is 0 Å². The van der Waals surface area contributed by atoms with Crippen LogP contribution >= 0.6 is 11.6 Å². The third kappa shape index (κ3) is 2.94. The molecule has 0 fully saturated rings. The van der Waals surface area contributed by atoms with Crippen molar-refractivity contribution in [3.8, 4) is 11.5 Å². The Hall–Kier alpha value is -2.33. The van der Waals surface area contributed by atoms with E-state index in [9.17, 15) is 0 Å². The zero-order valence-electron chi connectivity index (χ0n) is 13.2. The second-order valence-electron chi connectivity index (χ2n) is 5.23. The fourth-order valence-electron chi connectivity index (χ4n) is 2.68. The predicted molar refractivity (Wildman–Crippen MR) is 91.6 cm³/mol. The Kier molecular flexibility index (Phi) is 4.35. The molecule has 2 aromatic carbocycles. The lowest BCUT2D eigenvalue weighted by Crippen LogP contribution is -2.03. The number of aromatic nitrogens is 2. The molecule has 0 N–H and O–H groups in total. The molecule has 0 bridgehead atoms. The molecule has 0 radical (unpaired) electrons. The van der Waals surface area contributed by atoms with Crippen LogP contribution in [0.25, 0.3) is 10.9 Å². The lowest BCUT2D eigenvalue weighted by Gasteiger charge is -2.16. The molecule has 0 aliphatic rings. The van der Waals surface area contributed by atoms with Gasteiger partial charge >= 0.3 is 0 Å². The number of para-hydroxylation sites is 1. The first-order chi connectivity index (χ1) is 11.1. The van der Waals surface area contributed by atoms with E-state index in [0.717, 1.165) is 22.2 Å². The molecule has 0 aliphatic heterocycles. The predicted octanol–water partition coefficient (Wildman–Crippen LogP) is 4.45. The highest BCUT2D eigenvalue weighted by Crippen LogP contribution is 2.34. The highest BCUT2D eigenvalue weighted by Gasteiger charge is 2.17. The van der Waals surface area contributed by atoms with Crippen LogP contribution in [-0.2, 0) is 0 Å². The van der Waals surface area contributed by atoms with Gasteiger partial charge in [-0.2, -0.15) is 0 Å². The molecule has 0 amide bonds. The summed E-state index contributed by atoms with van der Waals surface area (Å²) < 4.78 is 10.7. The molecule has 1 atom stereocenters. The van der Waals surface area contributed by atoms with E-state index in [2.05, 4.69) is 16.9 Å². The van der Waals surface area contributed by atoms with Gasteiger partial charge in [-0.25, -0.2) is 9.97 Å². The summed E-state index contributed by atoms with van der Waals surface area (Å²) >= 11 is 6.09.